The average molecular weight is 267 g/mol. The average Bonchev–Trinajstić information content (AvgIpc) is 2.63. The van der Waals surface area contributed by atoms with Crippen molar-refractivity contribution in [2.24, 2.45) is 0 Å². The van der Waals surface area contributed by atoms with E-state index in [0.29, 0.717) is 6.10 Å². The number of halogens is 1. The topological polar surface area (TPSA) is 24.5 Å². The molecule has 1 aromatic carbocycles. The van der Waals surface area contributed by atoms with Gasteiger partial charge in [-0.2, -0.15) is 0 Å². The minimum atomic E-state index is 0.369. The zero-order chi connectivity index (χ0) is 12.5. The number of nitrogens with zero attached hydrogens (tertiary/aromatic N) is 1. The Labute approximate surface area is 113 Å². The molecule has 0 aliphatic carbocycles. The molecule has 2 fully saturated rings. The molecule has 98 valence electrons. The molecule has 4 heteroatoms. The maximum atomic E-state index is 6.09. The fourth-order valence-corrected chi connectivity index (χ4v) is 3.37. The predicted octanol–water partition coefficient (Wildman–Crippen LogP) is 3.26. The molecule has 2 aliphatic rings. The number of ether oxygens (including phenoxy) is 1. The van der Waals surface area contributed by atoms with E-state index in [4.69, 9.17) is 16.5 Å². The van der Waals surface area contributed by atoms with Gasteiger partial charge in [-0.1, -0.05) is 0 Å². The summed E-state index contributed by atoms with van der Waals surface area (Å²) < 4.78 is 6.09. The summed E-state index contributed by atoms with van der Waals surface area (Å²) in [4.78, 5) is 5.13. The number of nitrogens with one attached hydrogen (secondary N) is 1. The highest BCUT2D eigenvalue weighted by molar-refractivity contribution is 6.23. The van der Waals surface area contributed by atoms with E-state index in [1.807, 2.05) is 24.3 Å². The van der Waals surface area contributed by atoms with Crippen molar-refractivity contribution in [3.8, 4) is 5.75 Å². The van der Waals surface area contributed by atoms with Crippen molar-refractivity contribution in [3.05, 3.63) is 24.3 Å². The summed E-state index contributed by atoms with van der Waals surface area (Å²) in [6.45, 7) is 0. The summed E-state index contributed by atoms with van der Waals surface area (Å²) in [5, 5.41) is 0. The van der Waals surface area contributed by atoms with Gasteiger partial charge in [0.05, 0.1) is 0 Å². The minimum absolute atomic E-state index is 0.369. The first kappa shape index (κ1) is 12.1. The van der Waals surface area contributed by atoms with Gasteiger partial charge in [-0.25, -0.2) is 0 Å². The predicted molar refractivity (Wildman–Crippen MR) is 74.1 cm³/mol. The van der Waals surface area contributed by atoms with Gasteiger partial charge in [0.25, 0.3) is 0 Å². The van der Waals surface area contributed by atoms with Gasteiger partial charge < -0.3 is 9.64 Å². The first-order chi connectivity index (χ1) is 8.76. The second-order valence-electron chi connectivity index (χ2n) is 5.38. The van der Waals surface area contributed by atoms with Crippen molar-refractivity contribution in [2.45, 2.75) is 43.9 Å². The lowest BCUT2D eigenvalue weighted by atomic mass is 10.0. The Kier molecular flexibility index (Phi) is 3.35. The highest BCUT2D eigenvalue weighted by Gasteiger charge is 2.39. The minimum Gasteiger partial charge on any atom is -0.490 e. The van der Waals surface area contributed by atoms with Crippen LogP contribution in [0.1, 0.15) is 25.7 Å². The molecule has 0 aromatic heterocycles. The molecule has 3 rings (SSSR count). The van der Waals surface area contributed by atoms with Crippen molar-refractivity contribution in [1.82, 2.24) is 4.90 Å². The zero-order valence-corrected chi connectivity index (χ0v) is 11.4. The fraction of sp³-hybridized carbons (Fsp3) is 0.571. The number of hydrogen-bond acceptors (Lipinski definition) is 3. The van der Waals surface area contributed by atoms with E-state index in [1.165, 1.54) is 12.8 Å². The van der Waals surface area contributed by atoms with Crippen LogP contribution in [0.25, 0.3) is 0 Å². The number of rotatable bonds is 3. The molecule has 0 spiro atoms. The third-order valence-electron chi connectivity index (χ3n) is 4.32. The van der Waals surface area contributed by atoms with Crippen LogP contribution in [0, 0.1) is 0 Å². The molecular formula is C14H19ClN2O. The summed E-state index contributed by atoms with van der Waals surface area (Å²) in [6.07, 6.45) is 5.34. The van der Waals surface area contributed by atoms with Crippen LogP contribution in [-0.4, -0.2) is 30.1 Å². The maximum absolute atomic E-state index is 6.09. The van der Waals surface area contributed by atoms with E-state index in [0.717, 1.165) is 36.4 Å². The highest BCUT2D eigenvalue weighted by Crippen LogP contribution is 2.36. The first-order valence-electron chi connectivity index (χ1n) is 6.61. The molecule has 2 atom stereocenters. The van der Waals surface area contributed by atoms with Crippen molar-refractivity contribution >= 4 is 17.5 Å². The van der Waals surface area contributed by atoms with Crippen molar-refractivity contribution in [1.29, 1.82) is 0 Å². The van der Waals surface area contributed by atoms with Gasteiger partial charge in [0.1, 0.15) is 11.9 Å². The Morgan fingerprint density at radius 2 is 1.78 bits per heavy atom. The second-order valence-corrected chi connectivity index (χ2v) is 5.57. The Balaban J connectivity index is 1.63. The molecule has 2 bridgehead atoms. The quantitative estimate of drug-likeness (QED) is 0.850. The van der Waals surface area contributed by atoms with Crippen molar-refractivity contribution in [2.75, 3.05) is 11.9 Å². The number of anilines is 1. The lowest BCUT2D eigenvalue weighted by Gasteiger charge is -2.36. The molecule has 1 N–H and O–H groups in total. The Bertz CT molecular complexity index is 395. The number of fused-ring (bicyclic) bond motifs is 2. The van der Waals surface area contributed by atoms with Gasteiger partial charge in [-0.15, -0.1) is 0 Å². The van der Waals surface area contributed by atoms with Gasteiger partial charge in [-0.3, -0.25) is 4.84 Å². The number of hydrogen-bond donors (Lipinski definition) is 1. The summed E-state index contributed by atoms with van der Waals surface area (Å²) >= 11 is 5.54. The third-order valence-corrected chi connectivity index (χ3v) is 4.54. The number of benzene rings is 1. The van der Waals surface area contributed by atoms with Crippen molar-refractivity contribution < 1.29 is 4.74 Å². The standard InChI is InChI=1S/C14H19ClN2O/c1-17-11-4-5-12(17)9-14(8-11)18-13-6-2-10(16-15)3-7-13/h2-3,6-7,11-12,14,16H,4-5,8-9H2,1H3. The smallest absolute Gasteiger partial charge is 0.119 e. The van der Waals surface area contributed by atoms with Gasteiger partial charge in [0.15, 0.2) is 0 Å². The summed E-state index contributed by atoms with van der Waals surface area (Å²) in [5.74, 6) is 0.944. The van der Waals surface area contributed by atoms with Gasteiger partial charge in [-0.05, 0) is 57.0 Å². The molecule has 2 unspecified atom stereocenters. The zero-order valence-electron chi connectivity index (χ0n) is 10.6. The largest absolute Gasteiger partial charge is 0.490 e. The summed E-state index contributed by atoms with van der Waals surface area (Å²) in [5.41, 5.74) is 0.896. The maximum Gasteiger partial charge on any atom is 0.119 e. The van der Waals surface area contributed by atoms with Crippen LogP contribution in [0.5, 0.6) is 5.75 Å². The van der Waals surface area contributed by atoms with E-state index < -0.39 is 0 Å². The van der Waals surface area contributed by atoms with Crippen LogP contribution in [0.2, 0.25) is 0 Å². The van der Waals surface area contributed by atoms with E-state index in [9.17, 15) is 0 Å². The molecule has 1 aromatic rings. The van der Waals surface area contributed by atoms with Crippen LogP contribution in [0.4, 0.5) is 5.69 Å². The molecule has 0 amide bonds. The van der Waals surface area contributed by atoms with Gasteiger partial charge >= 0.3 is 0 Å². The third kappa shape index (κ3) is 2.29. The van der Waals surface area contributed by atoms with Crippen LogP contribution in [0.15, 0.2) is 24.3 Å². The molecule has 3 nitrogen and oxygen atoms in total. The summed E-state index contributed by atoms with van der Waals surface area (Å²) in [7, 11) is 2.25. The lowest BCUT2D eigenvalue weighted by Crippen LogP contribution is -2.43. The van der Waals surface area contributed by atoms with E-state index in [1.54, 1.807) is 0 Å². The highest BCUT2D eigenvalue weighted by atomic mass is 35.5. The van der Waals surface area contributed by atoms with Crippen LogP contribution < -0.4 is 9.57 Å². The SMILES string of the molecule is CN1C2CCC1CC(Oc1ccc(NCl)cc1)C2. The van der Waals surface area contributed by atoms with Crippen LogP contribution >= 0.6 is 11.8 Å². The van der Waals surface area contributed by atoms with Crippen LogP contribution in [0.3, 0.4) is 0 Å². The lowest BCUT2D eigenvalue weighted by molar-refractivity contribution is 0.0662. The monoisotopic (exact) mass is 266 g/mol. The van der Waals surface area contributed by atoms with Gasteiger partial charge in [0, 0.05) is 29.5 Å². The molecule has 2 heterocycles. The number of piperidine rings is 1. The Hall–Kier alpha value is -0.930. The van der Waals surface area contributed by atoms with E-state index in [2.05, 4.69) is 16.8 Å². The molecule has 0 radical (unpaired) electrons. The van der Waals surface area contributed by atoms with Crippen molar-refractivity contribution in [3.63, 3.8) is 0 Å². The fourth-order valence-electron chi connectivity index (χ4n) is 3.25. The molecule has 2 saturated heterocycles. The summed E-state index contributed by atoms with van der Waals surface area (Å²) in [6, 6.07) is 9.27. The van der Waals surface area contributed by atoms with E-state index in [-0.39, 0.29) is 0 Å². The first-order valence-corrected chi connectivity index (χ1v) is 6.99. The van der Waals surface area contributed by atoms with Crippen LogP contribution in [-0.2, 0) is 0 Å². The molecular weight excluding hydrogens is 248 g/mol. The molecule has 0 saturated carbocycles. The van der Waals surface area contributed by atoms with Gasteiger partial charge in [0.2, 0.25) is 0 Å². The molecule has 2 aliphatic heterocycles. The molecule has 18 heavy (non-hydrogen) atoms. The normalized spacial score (nSPS) is 31.3. The Morgan fingerprint density at radius 1 is 1.17 bits per heavy atom. The van der Waals surface area contributed by atoms with E-state index >= 15 is 0 Å². The second kappa shape index (κ2) is 4.98. The Morgan fingerprint density at radius 3 is 2.33 bits per heavy atom.